The van der Waals surface area contributed by atoms with Crippen molar-refractivity contribution in [2.75, 3.05) is 25.1 Å². The lowest BCUT2D eigenvalue weighted by Crippen LogP contribution is -2.46. The summed E-state index contributed by atoms with van der Waals surface area (Å²) in [6, 6.07) is 22.1. The summed E-state index contributed by atoms with van der Waals surface area (Å²) in [4.78, 5) is 16.2. The van der Waals surface area contributed by atoms with Crippen molar-refractivity contribution in [1.29, 1.82) is 5.26 Å². The Labute approximate surface area is 174 Å². The summed E-state index contributed by atoms with van der Waals surface area (Å²) in [5.41, 5.74) is 3.84. The monoisotopic (exact) mass is 393 g/mol. The van der Waals surface area contributed by atoms with Gasteiger partial charge in [0.05, 0.1) is 30.2 Å². The molecule has 6 heteroatoms. The molecule has 0 spiro atoms. The van der Waals surface area contributed by atoms with E-state index in [2.05, 4.69) is 39.1 Å². The van der Waals surface area contributed by atoms with E-state index in [4.69, 9.17) is 9.72 Å². The number of benzene rings is 2. The van der Waals surface area contributed by atoms with E-state index in [1.807, 2.05) is 42.5 Å². The molecule has 0 unspecified atom stereocenters. The highest BCUT2D eigenvalue weighted by Gasteiger charge is 2.33. The maximum absolute atomic E-state index is 9.29. The molecular formula is C24H19N5O. The first-order valence-electron chi connectivity index (χ1n) is 9.77. The molecule has 0 radical (unpaired) electrons. The number of aromatic nitrogens is 3. The summed E-state index contributed by atoms with van der Waals surface area (Å²) in [6.45, 7) is 1.62. The van der Waals surface area contributed by atoms with Crippen LogP contribution in [0.25, 0.3) is 22.2 Å². The van der Waals surface area contributed by atoms with Gasteiger partial charge in [0.2, 0.25) is 0 Å². The molecule has 30 heavy (non-hydrogen) atoms. The van der Waals surface area contributed by atoms with Gasteiger partial charge in [0.15, 0.2) is 5.69 Å². The number of ether oxygens (including phenoxy) is 1. The minimum atomic E-state index is 0.222. The molecule has 1 aliphatic heterocycles. The van der Waals surface area contributed by atoms with Crippen LogP contribution in [-0.2, 0) is 0 Å². The molecule has 0 N–H and O–H groups in total. The van der Waals surface area contributed by atoms with Crippen LogP contribution in [0, 0.1) is 11.3 Å². The fourth-order valence-corrected chi connectivity index (χ4v) is 3.80. The van der Waals surface area contributed by atoms with Crippen LogP contribution in [0.4, 0.5) is 5.82 Å². The topological polar surface area (TPSA) is 74.9 Å². The summed E-state index contributed by atoms with van der Waals surface area (Å²) in [7, 11) is 1.64. The van der Waals surface area contributed by atoms with Gasteiger partial charge in [-0.25, -0.2) is 9.97 Å². The minimum Gasteiger partial charge on any atom is -0.497 e. The predicted molar refractivity (Wildman–Crippen MR) is 115 cm³/mol. The molecule has 1 aliphatic rings. The number of nitrogens with zero attached hydrogens (tertiary/aromatic N) is 5. The lowest BCUT2D eigenvalue weighted by Gasteiger charge is -2.40. The zero-order valence-corrected chi connectivity index (χ0v) is 16.5. The number of nitriles is 1. The molecule has 2 aromatic carbocycles. The van der Waals surface area contributed by atoms with Crippen molar-refractivity contribution in [3.8, 4) is 23.1 Å². The molecule has 1 saturated heterocycles. The van der Waals surface area contributed by atoms with Crippen LogP contribution < -0.4 is 9.64 Å². The molecule has 0 bridgehead atoms. The fraction of sp³-hybridized carbons (Fsp3) is 0.167. The van der Waals surface area contributed by atoms with E-state index >= 15 is 0 Å². The third kappa shape index (κ3) is 3.20. The Balaban J connectivity index is 1.44. The van der Waals surface area contributed by atoms with Gasteiger partial charge >= 0.3 is 0 Å². The maximum Gasteiger partial charge on any atom is 0.159 e. The van der Waals surface area contributed by atoms with E-state index in [9.17, 15) is 5.26 Å². The highest BCUT2D eigenvalue weighted by Crippen LogP contribution is 2.35. The van der Waals surface area contributed by atoms with E-state index in [0.717, 1.165) is 52.5 Å². The summed E-state index contributed by atoms with van der Waals surface area (Å²) in [5.74, 6) is 1.94. The van der Waals surface area contributed by atoms with Crippen LogP contribution >= 0.6 is 0 Å². The van der Waals surface area contributed by atoms with Gasteiger partial charge in [0, 0.05) is 30.0 Å². The van der Waals surface area contributed by atoms with Crippen LogP contribution in [0.5, 0.6) is 5.75 Å². The largest absolute Gasteiger partial charge is 0.497 e. The zero-order chi connectivity index (χ0) is 20.5. The Morgan fingerprint density at radius 1 is 1.03 bits per heavy atom. The number of rotatable bonds is 4. The second kappa shape index (κ2) is 7.45. The van der Waals surface area contributed by atoms with Crippen LogP contribution in [-0.4, -0.2) is 35.2 Å². The van der Waals surface area contributed by atoms with E-state index < -0.39 is 0 Å². The number of para-hydroxylation sites is 1. The maximum atomic E-state index is 9.29. The molecule has 5 rings (SSSR count). The van der Waals surface area contributed by atoms with E-state index in [0.29, 0.717) is 5.69 Å². The molecule has 3 heterocycles. The van der Waals surface area contributed by atoms with Crippen molar-refractivity contribution in [3.63, 3.8) is 0 Å². The first-order chi connectivity index (χ1) is 14.7. The number of pyridine rings is 1. The second-order valence-corrected chi connectivity index (χ2v) is 7.30. The van der Waals surface area contributed by atoms with Gasteiger partial charge in [-0.15, -0.1) is 0 Å². The first-order valence-corrected chi connectivity index (χ1v) is 9.77. The number of hydrogen-bond acceptors (Lipinski definition) is 6. The average Bonchev–Trinajstić information content (AvgIpc) is 2.78. The number of methoxy groups -OCH3 is 1. The van der Waals surface area contributed by atoms with E-state index in [1.54, 1.807) is 13.3 Å². The van der Waals surface area contributed by atoms with Crippen molar-refractivity contribution in [2.45, 2.75) is 5.92 Å². The lowest BCUT2D eigenvalue weighted by atomic mass is 9.92. The van der Waals surface area contributed by atoms with Gasteiger partial charge in [-0.3, -0.25) is 4.98 Å². The van der Waals surface area contributed by atoms with E-state index in [1.165, 1.54) is 0 Å². The summed E-state index contributed by atoms with van der Waals surface area (Å²) in [5, 5.41) is 10.4. The second-order valence-electron chi connectivity index (χ2n) is 7.30. The zero-order valence-electron chi connectivity index (χ0n) is 16.5. The van der Waals surface area contributed by atoms with Crippen LogP contribution in [0.2, 0.25) is 0 Å². The Hall–Kier alpha value is -3.98. The molecule has 0 aliphatic carbocycles. The Morgan fingerprint density at radius 3 is 2.73 bits per heavy atom. The average molecular weight is 393 g/mol. The van der Waals surface area contributed by atoms with Gasteiger partial charge in [-0.05, 0) is 30.3 Å². The normalized spacial score (nSPS) is 13.7. The van der Waals surface area contributed by atoms with Gasteiger partial charge < -0.3 is 9.64 Å². The van der Waals surface area contributed by atoms with Gasteiger partial charge in [0.25, 0.3) is 0 Å². The highest BCUT2D eigenvalue weighted by molar-refractivity contribution is 5.80. The Bertz CT molecular complexity index is 1270. The van der Waals surface area contributed by atoms with Crippen molar-refractivity contribution >= 4 is 16.7 Å². The van der Waals surface area contributed by atoms with Gasteiger partial charge in [-0.1, -0.05) is 30.3 Å². The Kier molecular flexibility index (Phi) is 4.49. The first kappa shape index (κ1) is 18.1. The molecule has 0 saturated carbocycles. The number of fused-ring (bicyclic) bond motifs is 1. The van der Waals surface area contributed by atoms with Crippen molar-refractivity contribution in [2.24, 2.45) is 0 Å². The summed E-state index contributed by atoms with van der Waals surface area (Å²) >= 11 is 0. The van der Waals surface area contributed by atoms with Crippen LogP contribution in [0.15, 0.2) is 66.9 Å². The highest BCUT2D eigenvalue weighted by atomic mass is 16.5. The van der Waals surface area contributed by atoms with Crippen LogP contribution in [0.1, 0.15) is 17.3 Å². The SMILES string of the molecule is COc1cccc(-c2nc(C#N)cnc2C2CN(c3ccc4ccccc4n3)C2)c1. The van der Waals surface area contributed by atoms with Crippen molar-refractivity contribution < 1.29 is 4.74 Å². The van der Waals surface area contributed by atoms with Crippen molar-refractivity contribution in [3.05, 3.63) is 78.2 Å². The molecule has 4 aromatic rings. The molecule has 146 valence electrons. The molecular weight excluding hydrogens is 374 g/mol. The molecule has 0 amide bonds. The number of anilines is 1. The number of hydrogen-bond donors (Lipinski definition) is 0. The molecule has 1 fully saturated rings. The minimum absolute atomic E-state index is 0.222. The Morgan fingerprint density at radius 2 is 1.90 bits per heavy atom. The smallest absolute Gasteiger partial charge is 0.159 e. The molecule has 0 atom stereocenters. The third-order valence-electron chi connectivity index (χ3n) is 5.43. The quantitative estimate of drug-likeness (QED) is 0.518. The predicted octanol–water partition coefficient (Wildman–Crippen LogP) is 4.18. The van der Waals surface area contributed by atoms with Crippen LogP contribution in [0.3, 0.4) is 0 Å². The standard InChI is InChI=1S/C24H19N5O/c1-30-20-7-4-6-17(11-20)24-23(26-13-19(12-25)27-24)18-14-29(15-18)22-10-9-16-5-2-3-8-21(16)28-22/h2-11,13,18H,14-15H2,1H3. The van der Waals surface area contributed by atoms with E-state index in [-0.39, 0.29) is 5.92 Å². The fourth-order valence-electron chi connectivity index (χ4n) is 3.80. The summed E-state index contributed by atoms with van der Waals surface area (Å²) < 4.78 is 5.35. The van der Waals surface area contributed by atoms with Gasteiger partial charge in [-0.2, -0.15) is 5.26 Å². The summed E-state index contributed by atoms with van der Waals surface area (Å²) in [6.07, 6.45) is 1.55. The third-order valence-corrected chi connectivity index (χ3v) is 5.43. The van der Waals surface area contributed by atoms with Crippen molar-refractivity contribution in [1.82, 2.24) is 15.0 Å². The molecule has 2 aromatic heterocycles. The molecule has 6 nitrogen and oxygen atoms in total. The van der Waals surface area contributed by atoms with Gasteiger partial charge in [0.1, 0.15) is 17.6 Å². The lowest BCUT2D eigenvalue weighted by molar-refractivity contribution is 0.415.